The molecular formula is C23H25F2N5O2. The molecule has 5 rings (SSSR count). The van der Waals surface area contributed by atoms with Gasteiger partial charge in [0.2, 0.25) is 5.92 Å². The van der Waals surface area contributed by atoms with Crippen LogP contribution in [-0.4, -0.2) is 44.6 Å². The molecule has 3 heterocycles. The van der Waals surface area contributed by atoms with Crippen LogP contribution >= 0.6 is 0 Å². The van der Waals surface area contributed by atoms with Gasteiger partial charge in [0.05, 0.1) is 11.6 Å². The number of H-pyrrole nitrogens is 1. The first-order valence-electron chi connectivity index (χ1n) is 11.0. The number of hydrogen-bond acceptors (Lipinski definition) is 4. The first kappa shape index (κ1) is 20.7. The molecule has 0 spiro atoms. The molecule has 0 radical (unpaired) electrons. The van der Waals surface area contributed by atoms with Gasteiger partial charge in [-0.1, -0.05) is 0 Å². The molecule has 1 aliphatic carbocycles. The van der Waals surface area contributed by atoms with Gasteiger partial charge in [0.25, 0.3) is 11.5 Å². The third-order valence-electron chi connectivity index (χ3n) is 6.47. The molecule has 1 aliphatic heterocycles. The summed E-state index contributed by atoms with van der Waals surface area (Å²) in [5, 5.41) is 8.02. The molecule has 32 heavy (non-hydrogen) atoms. The molecule has 168 valence electrons. The fourth-order valence-electron chi connectivity index (χ4n) is 4.81. The van der Waals surface area contributed by atoms with Crippen molar-refractivity contribution in [2.45, 2.75) is 51.0 Å². The lowest BCUT2D eigenvalue weighted by Crippen LogP contribution is -2.28. The second-order valence-electron chi connectivity index (χ2n) is 8.77. The monoisotopic (exact) mass is 441 g/mol. The van der Waals surface area contributed by atoms with Crippen molar-refractivity contribution in [1.82, 2.24) is 19.7 Å². The quantitative estimate of drug-likeness (QED) is 0.630. The van der Waals surface area contributed by atoms with Crippen LogP contribution in [0.15, 0.2) is 35.3 Å². The summed E-state index contributed by atoms with van der Waals surface area (Å²) < 4.78 is 29.2. The number of alkyl halides is 2. The summed E-state index contributed by atoms with van der Waals surface area (Å²) in [5.74, 6) is -2.37. The molecule has 1 amide bonds. The molecule has 1 saturated heterocycles. The molecule has 1 aromatic carbocycles. The number of aromatic nitrogens is 3. The Morgan fingerprint density at radius 2 is 2.03 bits per heavy atom. The Balaban J connectivity index is 1.47. The highest BCUT2D eigenvalue weighted by molar-refractivity contribution is 5.97. The largest absolute Gasteiger partial charge is 0.339 e. The maximum absolute atomic E-state index is 13.8. The fourth-order valence-corrected chi connectivity index (χ4v) is 4.81. The summed E-state index contributed by atoms with van der Waals surface area (Å²) in [6.45, 7) is 3.44. The van der Waals surface area contributed by atoms with E-state index in [1.165, 1.54) is 6.20 Å². The van der Waals surface area contributed by atoms with Gasteiger partial charge >= 0.3 is 0 Å². The van der Waals surface area contributed by atoms with Gasteiger partial charge in [-0.25, -0.2) is 8.78 Å². The minimum Gasteiger partial charge on any atom is -0.339 e. The number of pyridine rings is 1. The average molecular weight is 441 g/mol. The number of halogens is 2. The normalized spacial score (nSPS) is 20.2. The highest BCUT2D eigenvalue weighted by Gasteiger charge is 2.41. The van der Waals surface area contributed by atoms with E-state index in [4.69, 9.17) is 0 Å². The summed E-state index contributed by atoms with van der Waals surface area (Å²) in [7, 11) is 0. The molecule has 2 aromatic heterocycles. The van der Waals surface area contributed by atoms with Crippen molar-refractivity contribution in [1.29, 1.82) is 0 Å². The van der Waals surface area contributed by atoms with Crippen LogP contribution in [0.2, 0.25) is 0 Å². The second-order valence-corrected chi connectivity index (χ2v) is 8.77. The van der Waals surface area contributed by atoms with Crippen LogP contribution in [0, 0.1) is 6.92 Å². The molecule has 2 fully saturated rings. The van der Waals surface area contributed by atoms with E-state index in [0.29, 0.717) is 34.4 Å². The van der Waals surface area contributed by atoms with Crippen molar-refractivity contribution < 1.29 is 13.6 Å². The zero-order valence-electron chi connectivity index (χ0n) is 17.8. The molecule has 9 heteroatoms. The number of carbonyl (C=O) groups is 1. The Bertz CT molecular complexity index is 1240. The number of rotatable bonds is 4. The van der Waals surface area contributed by atoms with Crippen LogP contribution in [0.5, 0.6) is 0 Å². The molecule has 3 aromatic rings. The lowest BCUT2D eigenvalue weighted by atomic mass is 10.1. The van der Waals surface area contributed by atoms with Crippen LogP contribution in [0.4, 0.5) is 20.3 Å². The number of aryl methyl sites for hydroxylation is 1. The van der Waals surface area contributed by atoms with Gasteiger partial charge in [0.1, 0.15) is 5.39 Å². The summed E-state index contributed by atoms with van der Waals surface area (Å²) >= 11 is 0. The number of nitrogens with zero attached hydrogens (tertiary/aromatic N) is 3. The molecule has 2 aliphatic rings. The zero-order valence-corrected chi connectivity index (χ0v) is 17.8. The van der Waals surface area contributed by atoms with Crippen LogP contribution in [-0.2, 0) is 0 Å². The standard InChI is InChI=1S/C23H25F2N5O2/c1-14-12-15(4-5-17(14)22(32)29-10-2-3-11-29)27-20-19-18(7-9-26-21(19)31)30(28-20)16-6-8-23(24,25)13-16/h4-5,7,9,12,16H,2-3,6,8,10-11,13H2,1H3,(H,26,31)(H,27,28)/t16-/m0/s1. The van der Waals surface area contributed by atoms with Gasteiger partial charge in [-0.05, 0) is 56.0 Å². The van der Waals surface area contributed by atoms with E-state index in [1.807, 2.05) is 17.9 Å². The predicted octanol–water partition coefficient (Wildman–Crippen LogP) is 4.37. The van der Waals surface area contributed by atoms with Gasteiger partial charge in [-0.3, -0.25) is 14.3 Å². The van der Waals surface area contributed by atoms with Gasteiger partial charge in [-0.2, -0.15) is 5.10 Å². The average Bonchev–Trinajstić information content (AvgIpc) is 3.47. The van der Waals surface area contributed by atoms with Crippen LogP contribution in [0.3, 0.4) is 0 Å². The smallest absolute Gasteiger partial charge is 0.261 e. The van der Waals surface area contributed by atoms with E-state index >= 15 is 0 Å². The lowest BCUT2D eigenvalue weighted by molar-refractivity contribution is 0.00536. The molecule has 0 unspecified atom stereocenters. The summed E-state index contributed by atoms with van der Waals surface area (Å²) in [6.07, 6.45) is 3.40. The predicted molar refractivity (Wildman–Crippen MR) is 118 cm³/mol. The van der Waals surface area contributed by atoms with Crippen molar-refractivity contribution in [2.24, 2.45) is 0 Å². The second kappa shape index (κ2) is 7.72. The Hall–Kier alpha value is -3.23. The first-order valence-corrected chi connectivity index (χ1v) is 11.0. The first-order chi connectivity index (χ1) is 15.3. The molecule has 1 saturated carbocycles. The van der Waals surface area contributed by atoms with E-state index < -0.39 is 12.0 Å². The number of hydrogen-bond donors (Lipinski definition) is 2. The molecular weight excluding hydrogens is 416 g/mol. The highest BCUT2D eigenvalue weighted by atomic mass is 19.3. The summed E-state index contributed by atoms with van der Waals surface area (Å²) in [6, 6.07) is 6.62. The van der Waals surface area contributed by atoms with E-state index in [2.05, 4.69) is 15.4 Å². The number of fused-ring (bicyclic) bond motifs is 1. The van der Waals surface area contributed by atoms with Crippen molar-refractivity contribution in [2.75, 3.05) is 18.4 Å². The summed E-state index contributed by atoms with van der Waals surface area (Å²) in [5.41, 5.74) is 2.33. The van der Waals surface area contributed by atoms with E-state index in [9.17, 15) is 18.4 Å². The maximum Gasteiger partial charge on any atom is 0.261 e. The maximum atomic E-state index is 13.8. The van der Waals surface area contributed by atoms with Crippen LogP contribution in [0.25, 0.3) is 10.9 Å². The van der Waals surface area contributed by atoms with Crippen LogP contribution < -0.4 is 10.9 Å². The zero-order chi connectivity index (χ0) is 22.5. The number of carbonyl (C=O) groups excluding carboxylic acids is 1. The highest BCUT2D eigenvalue weighted by Crippen LogP contribution is 2.42. The van der Waals surface area contributed by atoms with Crippen molar-refractivity contribution in [3.8, 4) is 0 Å². The van der Waals surface area contributed by atoms with Gasteiger partial charge < -0.3 is 15.2 Å². The van der Waals surface area contributed by atoms with Gasteiger partial charge in [0, 0.05) is 43.4 Å². The minimum absolute atomic E-state index is 0.0277. The van der Waals surface area contributed by atoms with Gasteiger partial charge in [-0.15, -0.1) is 0 Å². The fraction of sp³-hybridized carbons (Fsp3) is 0.435. The van der Waals surface area contributed by atoms with Crippen molar-refractivity contribution in [3.05, 3.63) is 51.9 Å². The van der Waals surface area contributed by atoms with E-state index in [1.54, 1.807) is 22.9 Å². The molecule has 2 N–H and O–H groups in total. The molecule has 0 bridgehead atoms. The summed E-state index contributed by atoms with van der Waals surface area (Å²) in [4.78, 5) is 29.8. The Morgan fingerprint density at radius 3 is 2.72 bits per heavy atom. The van der Waals surface area contributed by atoms with Crippen molar-refractivity contribution in [3.63, 3.8) is 0 Å². The third kappa shape index (κ3) is 3.65. The van der Waals surface area contributed by atoms with E-state index in [0.717, 1.165) is 31.5 Å². The number of anilines is 2. The van der Waals surface area contributed by atoms with E-state index in [-0.39, 0.29) is 24.3 Å². The lowest BCUT2D eigenvalue weighted by Gasteiger charge is -2.17. The number of amides is 1. The van der Waals surface area contributed by atoms with Crippen LogP contribution in [0.1, 0.15) is 54.1 Å². The number of nitrogens with one attached hydrogen (secondary N) is 2. The van der Waals surface area contributed by atoms with Crippen molar-refractivity contribution >= 4 is 28.3 Å². The Morgan fingerprint density at radius 1 is 1.25 bits per heavy atom. The number of likely N-dealkylation sites (tertiary alicyclic amines) is 1. The topological polar surface area (TPSA) is 83.0 Å². The number of aromatic amines is 1. The molecule has 7 nitrogen and oxygen atoms in total. The Kier molecular flexibility index (Phi) is 4.98. The molecule has 1 atom stereocenters. The van der Waals surface area contributed by atoms with Gasteiger partial charge in [0.15, 0.2) is 5.82 Å². The minimum atomic E-state index is -2.72. The third-order valence-corrected chi connectivity index (χ3v) is 6.47. The number of benzene rings is 1. The SMILES string of the molecule is Cc1cc(Nc2nn([C@H]3CCC(F)(F)C3)c3cc[nH]c(=O)c23)ccc1C(=O)N1CCCC1. The Labute approximate surface area is 183 Å².